The molecule has 112 valence electrons. The summed E-state index contributed by atoms with van der Waals surface area (Å²) in [4.78, 5) is 13.7. The largest absolute Gasteiger partial charge is 1.00 e. The van der Waals surface area contributed by atoms with Crippen LogP contribution in [0.1, 0.15) is 40.1 Å². The SMILES string of the molecule is CC(C)(C)OC(=O)N1CC[C@@H](c2ccc(Br)cc2O)C1.[H-].[Na+]. The summed E-state index contributed by atoms with van der Waals surface area (Å²) >= 11 is 3.33. The third kappa shape index (κ3) is 5.16. The molecule has 0 unspecified atom stereocenters. The number of hydrogen-bond acceptors (Lipinski definition) is 3. The normalized spacial score (nSPS) is 18.3. The number of nitrogens with zero attached hydrogens (tertiary/aromatic N) is 1. The monoisotopic (exact) mass is 365 g/mol. The maximum absolute atomic E-state index is 12.0. The number of amides is 1. The summed E-state index contributed by atoms with van der Waals surface area (Å²) in [5, 5.41) is 10.00. The Hall–Kier alpha value is -0.230. The summed E-state index contributed by atoms with van der Waals surface area (Å²) < 4.78 is 6.22. The quantitative estimate of drug-likeness (QED) is 0.755. The van der Waals surface area contributed by atoms with Crippen LogP contribution in [0.4, 0.5) is 4.79 Å². The van der Waals surface area contributed by atoms with Crippen molar-refractivity contribution in [3.05, 3.63) is 28.2 Å². The predicted molar refractivity (Wildman–Crippen MR) is 82.1 cm³/mol. The molecule has 1 aliphatic heterocycles. The van der Waals surface area contributed by atoms with Gasteiger partial charge >= 0.3 is 35.7 Å². The molecule has 6 heteroatoms. The van der Waals surface area contributed by atoms with Crippen LogP contribution in [0.15, 0.2) is 22.7 Å². The van der Waals surface area contributed by atoms with Gasteiger partial charge in [-0.3, -0.25) is 0 Å². The molecule has 1 N–H and O–H groups in total. The maximum Gasteiger partial charge on any atom is 1.00 e. The van der Waals surface area contributed by atoms with Gasteiger partial charge in [-0.05, 0) is 44.9 Å². The molecule has 0 radical (unpaired) electrons. The van der Waals surface area contributed by atoms with Crippen molar-refractivity contribution in [2.75, 3.05) is 13.1 Å². The number of likely N-dealkylation sites (tertiary alicyclic amines) is 1. The van der Waals surface area contributed by atoms with Gasteiger partial charge in [0.2, 0.25) is 0 Å². The summed E-state index contributed by atoms with van der Waals surface area (Å²) in [5.74, 6) is 0.436. The minimum Gasteiger partial charge on any atom is -1.00 e. The molecule has 0 saturated carbocycles. The topological polar surface area (TPSA) is 49.8 Å². The number of phenols is 1. The van der Waals surface area contributed by atoms with E-state index in [0.29, 0.717) is 13.1 Å². The molecule has 0 spiro atoms. The van der Waals surface area contributed by atoms with Crippen molar-refractivity contribution in [1.29, 1.82) is 0 Å². The van der Waals surface area contributed by atoms with Gasteiger partial charge in [0.25, 0.3) is 0 Å². The van der Waals surface area contributed by atoms with E-state index in [1.807, 2.05) is 32.9 Å². The summed E-state index contributed by atoms with van der Waals surface area (Å²) in [6.45, 7) is 6.83. The minimum atomic E-state index is -0.477. The van der Waals surface area contributed by atoms with Gasteiger partial charge < -0.3 is 16.2 Å². The van der Waals surface area contributed by atoms with E-state index in [1.165, 1.54) is 0 Å². The van der Waals surface area contributed by atoms with Crippen LogP contribution in [0.25, 0.3) is 0 Å². The summed E-state index contributed by atoms with van der Waals surface area (Å²) in [6, 6.07) is 5.50. The molecule has 1 fully saturated rings. The minimum absolute atomic E-state index is 0. The van der Waals surface area contributed by atoms with Crippen molar-refractivity contribution >= 4 is 22.0 Å². The Labute approximate surface area is 157 Å². The Balaban J connectivity index is 0.00000220. The summed E-state index contributed by atoms with van der Waals surface area (Å²) in [7, 11) is 0. The number of hydrogen-bond donors (Lipinski definition) is 1. The second kappa shape index (κ2) is 7.36. The molecule has 1 heterocycles. The van der Waals surface area contributed by atoms with Crippen LogP contribution in [-0.4, -0.2) is 34.8 Å². The van der Waals surface area contributed by atoms with Crippen molar-refractivity contribution in [2.45, 2.75) is 38.7 Å². The van der Waals surface area contributed by atoms with Gasteiger partial charge in [0.1, 0.15) is 11.4 Å². The van der Waals surface area contributed by atoms with Crippen LogP contribution >= 0.6 is 15.9 Å². The second-order valence-corrected chi connectivity index (χ2v) is 7.03. The molecule has 1 aliphatic rings. The number of ether oxygens (including phenoxy) is 1. The molecule has 0 aromatic heterocycles. The fraction of sp³-hybridized carbons (Fsp3) is 0.533. The molecule has 4 nitrogen and oxygen atoms in total. The Morgan fingerprint density at radius 1 is 1.48 bits per heavy atom. The Kier molecular flexibility index (Phi) is 6.59. The number of carbonyl (C=O) groups is 1. The van der Waals surface area contributed by atoms with Crippen molar-refractivity contribution in [1.82, 2.24) is 4.90 Å². The molecule has 2 rings (SSSR count). The first kappa shape index (κ1) is 18.8. The van der Waals surface area contributed by atoms with Gasteiger partial charge in [-0.15, -0.1) is 0 Å². The fourth-order valence-corrected chi connectivity index (χ4v) is 2.72. The van der Waals surface area contributed by atoms with E-state index in [0.717, 1.165) is 16.5 Å². The van der Waals surface area contributed by atoms with E-state index in [1.54, 1.807) is 11.0 Å². The molecule has 1 atom stereocenters. The van der Waals surface area contributed by atoms with E-state index in [2.05, 4.69) is 15.9 Å². The average molecular weight is 366 g/mol. The predicted octanol–water partition coefficient (Wildman–Crippen LogP) is 0.996. The first-order valence-corrected chi connectivity index (χ1v) is 7.52. The van der Waals surface area contributed by atoms with Crippen molar-refractivity contribution < 1.29 is 45.6 Å². The fourth-order valence-electron chi connectivity index (χ4n) is 2.37. The number of phenolic OH excluding ortho intramolecular Hbond substituents is 1. The van der Waals surface area contributed by atoms with Crippen LogP contribution in [0.5, 0.6) is 5.75 Å². The molecular weight excluding hydrogens is 345 g/mol. The Bertz CT molecular complexity index is 522. The van der Waals surface area contributed by atoms with Crippen molar-refractivity contribution in [3.8, 4) is 5.75 Å². The van der Waals surface area contributed by atoms with Gasteiger partial charge in [-0.25, -0.2) is 4.79 Å². The zero-order valence-electron chi connectivity index (χ0n) is 14.0. The molecule has 0 aliphatic carbocycles. The van der Waals surface area contributed by atoms with E-state index in [-0.39, 0.29) is 48.7 Å². The standard InChI is InChI=1S/C15H20BrNO3.Na.H/c1-15(2,3)20-14(19)17-7-6-10(9-17)12-5-4-11(16)8-13(12)18;;/h4-5,8,10,18H,6-7,9H2,1-3H3;;/q;+1;-1/t10-;;/m1../s1. The Morgan fingerprint density at radius 3 is 2.71 bits per heavy atom. The first-order valence-electron chi connectivity index (χ1n) is 6.72. The van der Waals surface area contributed by atoms with Crippen molar-refractivity contribution in [2.24, 2.45) is 0 Å². The number of halogens is 1. The van der Waals surface area contributed by atoms with Gasteiger partial charge in [-0.1, -0.05) is 22.0 Å². The molecule has 0 bridgehead atoms. The number of carbonyl (C=O) groups excluding carboxylic acids is 1. The number of benzene rings is 1. The molecule has 1 saturated heterocycles. The van der Waals surface area contributed by atoms with Crippen LogP contribution in [0, 0.1) is 0 Å². The van der Waals surface area contributed by atoms with E-state index in [9.17, 15) is 9.90 Å². The second-order valence-electron chi connectivity index (χ2n) is 6.12. The van der Waals surface area contributed by atoms with E-state index < -0.39 is 5.60 Å². The molecule has 1 aromatic rings. The third-order valence-electron chi connectivity index (χ3n) is 3.27. The molecule has 1 aromatic carbocycles. The molecule has 1 amide bonds. The molecule has 21 heavy (non-hydrogen) atoms. The summed E-state index contributed by atoms with van der Waals surface area (Å²) in [5.41, 5.74) is 0.411. The maximum atomic E-state index is 12.0. The van der Waals surface area contributed by atoms with Gasteiger partial charge in [0.05, 0.1) is 0 Å². The third-order valence-corrected chi connectivity index (χ3v) is 3.77. The number of rotatable bonds is 1. The van der Waals surface area contributed by atoms with Crippen LogP contribution in [-0.2, 0) is 4.74 Å². The van der Waals surface area contributed by atoms with Gasteiger partial charge in [0.15, 0.2) is 0 Å². The Morgan fingerprint density at radius 2 is 2.14 bits per heavy atom. The van der Waals surface area contributed by atoms with Crippen LogP contribution in [0.2, 0.25) is 0 Å². The average Bonchev–Trinajstić information content (AvgIpc) is 2.75. The molecular formula is C15H21BrNNaO3. The zero-order valence-corrected chi connectivity index (χ0v) is 16.6. The van der Waals surface area contributed by atoms with Crippen molar-refractivity contribution in [3.63, 3.8) is 0 Å². The van der Waals surface area contributed by atoms with Crippen LogP contribution in [0.3, 0.4) is 0 Å². The first-order chi connectivity index (χ1) is 9.26. The van der Waals surface area contributed by atoms with Gasteiger partial charge in [0, 0.05) is 23.5 Å². The smallest absolute Gasteiger partial charge is 1.00 e. The zero-order chi connectivity index (χ0) is 14.9. The summed E-state index contributed by atoms with van der Waals surface area (Å²) in [6.07, 6.45) is 0.561. The van der Waals surface area contributed by atoms with E-state index in [4.69, 9.17) is 4.74 Å². The van der Waals surface area contributed by atoms with E-state index >= 15 is 0 Å². The number of aromatic hydroxyl groups is 1. The van der Waals surface area contributed by atoms with Gasteiger partial charge in [-0.2, -0.15) is 0 Å². The van der Waals surface area contributed by atoms with Crippen LogP contribution < -0.4 is 29.6 Å².